The molecule has 0 aliphatic rings. The Hall–Kier alpha value is -2.22. The van der Waals surface area contributed by atoms with Crippen LogP contribution in [0, 0.1) is 0 Å². The molecule has 0 heterocycles. The smallest absolute Gasteiger partial charge is 0.267 e. The third-order valence-corrected chi connectivity index (χ3v) is 8.37. The highest BCUT2D eigenvalue weighted by Crippen LogP contribution is 2.10. The molecule has 7 heteroatoms. The number of hydrogen-bond donors (Lipinski definition) is 3. The molecule has 0 rings (SSSR count). The SMILES string of the molecule is CC/C=C\C/C=C\C/C=C\CCCCCCCC(=O)NC(CS(=O)(=O)O)C(O)/C=C/CC/C=C/CC/C=C/CCCCCCCC. The van der Waals surface area contributed by atoms with Gasteiger partial charge in [-0.2, -0.15) is 8.42 Å². The summed E-state index contributed by atoms with van der Waals surface area (Å²) in [7, 11) is -4.36. The maximum absolute atomic E-state index is 12.4. The first-order valence-electron chi connectivity index (χ1n) is 18.1. The lowest BCUT2D eigenvalue weighted by molar-refractivity contribution is -0.122. The monoisotopic (exact) mass is 661 g/mol. The molecule has 0 radical (unpaired) electrons. The minimum atomic E-state index is -4.36. The number of nitrogens with one attached hydrogen (secondary N) is 1. The van der Waals surface area contributed by atoms with Crippen LogP contribution < -0.4 is 5.32 Å². The van der Waals surface area contributed by atoms with E-state index in [2.05, 4.69) is 79.9 Å². The van der Waals surface area contributed by atoms with Crippen LogP contribution in [0.2, 0.25) is 0 Å². The summed E-state index contributed by atoms with van der Waals surface area (Å²) >= 11 is 0. The van der Waals surface area contributed by atoms with Gasteiger partial charge in [0.05, 0.1) is 17.9 Å². The van der Waals surface area contributed by atoms with Crippen LogP contribution in [0.5, 0.6) is 0 Å². The Kier molecular flexibility index (Phi) is 31.1. The molecule has 0 aliphatic carbocycles. The third kappa shape index (κ3) is 33.2. The lowest BCUT2D eigenvalue weighted by Gasteiger charge is -2.21. The molecule has 2 unspecified atom stereocenters. The summed E-state index contributed by atoms with van der Waals surface area (Å²) in [5, 5.41) is 13.1. The number of carbonyl (C=O) groups excluding carboxylic acids is 1. The summed E-state index contributed by atoms with van der Waals surface area (Å²) in [6.45, 7) is 4.38. The van der Waals surface area contributed by atoms with Gasteiger partial charge in [0, 0.05) is 6.42 Å². The molecule has 264 valence electrons. The fourth-order valence-electron chi connectivity index (χ4n) is 4.90. The molecule has 0 fully saturated rings. The summed E-state index contributed by atoms with van der Waals surface area (Å²) < 4.78 is 32.3. The molecular weight excluding hydrogens is 594 g/mol. The zero-order valence-corrected chi connectivity index (χ0v) is 30.0. The largest absolute Gasteiger partial charge is 0.387 e. The summed E-state index contributed by atoms with van der Waals surface area (Å²) in [5.74, 6) is -1.04. The zero-order chi connectivity index (χ0) is 34.0. The topological polar surface area (TPSA) is 104 Å². The number of aliphatic hydroxyl groups is 1. The molecule has 0 bridgehead atoms. The van der Waals surface area contributed by atoms with Crippen molar-refractivity contribution in [3.05, 3.63) is 72.9 Å². The highest BCUT2D eigenvalue weighted by molar-refractivity contribution is 7.85. The van der Waals surface area contributed by atoms with E-state index in [1.54, 1.807) is 6.08 Å². The number of carbonyl (C=O) groups is 1. The zero-order valence-electron chi connectivity index (χ0n) is 29.2. The van der Waals surface area contributed by atoms with Gasteiger partial charge in [-0.3, -0.25) is 9.35 Å². The lowest BCUT2D eigenvalue weighted by atomic mass is 10.1. The van der Waals surface area contributed by atoms with Crippen LogP contribution in [0.1, 0.15) is 149 Å². The van der Waals surface area contributed by atoms with E-state index in [0.29, 0.717) is 12.8 Å². The van der Waals surface area contributed by atoms with Gasteiger partial charge in [0.1, 0.15) is 0 Å². The van der Waals surface area contributed by atoms with Gasteiger partial charge in [-0.25, -0.2) is 0 Å². The van der Waals surface area contributed by atoms with Crippen LogP contribution in [-0.2, 0) is 14.9 Å². The third-order valence-electron chi connectivity index (χ3n) is 7.59. The van der Waals surface area contributed by atoms with Crippen molar-refractivity contribution in [3.8, 4) is 0 Å². The molecule has 0 aromatic rings. The number of allylic oxidation sites excluding steroid dienone is 11. The Labute approximate surface area is 283 Å². The molecule has 0 saturated carbocycles. The predicted octanol–water partition coefficient (Wildman–Crippen LogP) is 10.3. The number of amides is 1. The van der Waals surface area contributed by atoms with Crippen molar-refractivity contribution in [1.29, 1.82) is 0 Å². The van der Waals surface area contributed by atoms with Gasteiger partial charge in [-0.15, -0.1) is 0 Å². The first kappa shape index (κ1) is 43.8. The standard InChI is InChI=1S/C39H67NO5S/c1-3-5-7-9-11-13-15-17-19-21-22-24-26-28-30-32-34-38(41)37(36-46(43,44)45)40-39(42)35-33-31-29-27-25-23-20-18-16-14-12-10-8-6-4-2/h6,8,12,14,17-20,24,26,32,34,37-38,41H,3-5,7,9-11,13,15-16,21-23,25,27-31,33,35-36H2,1-2H3,(H,40,42)(H,43,44,45)/b8-6-,14-12-,19-17+,20-18-,26-24+,34-32+. The van der Waals surface area contributed by atoms with Crippen LogP contribution in [-0.4, -0.2) is 41.9 Å². The molecule has 0 spiro atoms. The molecule has 0 aromatic carbocycles. The van der Waals surface area contributed by atoms with Crippen LogP contribution in [0.3, 0.4) is 0 Å². The van der Waals surface area contributed by atoms with E-state index < -0.39 is 28.0 Å². The number of unbranched alkanes of at least 4 members (excludes halogenated alkanes) is 13. The van der Waals surface area contributed by atoms with Crippen molar-refractivity contribution in [2.24, 2.45) is 0 Å². The van der Waals surface area contributed by atoms with Crippen molar-refractivity contribution in [1.82, 2.24) is 5.32 Å². The summed E-state index contributed by atoms with van der Waals surface area (Å²) in [5.41, 5.74) is 0. The van der Waals surface area contributed by atoms with E-state index in [4.69, 9.17) is 0 Å². The number of aliphatic hydroxyl groups excluding tert-OH is 1. The minimum absolute atomic E-state index is 0.261. The first-order chi connectivity index (χ1) is 22.3. The van der Waals surface area contributed by atoms with Crippen LogP contribution in [0.25, 0.3) is 0 Å². The van der Waals surface area contributed by atoms with Gasteiger partial charge in [0.25, 0.3) is 10.1 Å². The van der Waals surface area contributed by atoms with Gasteiger partial charge < -0.3 is 10.4 Å². The normalized spacial score (nSPS) is 14.3. The maximum atomic E-state index is 12.4. The minimum Gasteiger partial charge on any atom is -0.387 e. The Morgan fingerprint density at radius 1 is 0.609 bits per heavy atom. The summed E-state index contributed by atoms with van der Waals surface area (Å²) in [6, 6.07) is -1.09. The number of hydrogen-bond acceptors (Lipinski definition) is 4. The van der Waals surface area contributed by atoms with Gasteiger partial charge in [0.15, 0.2) is 0 Å². The molecule has 0 saturated heterocycles. The molecule has 1 amide bonds. The van der Waals surface area contributed by atoms with E-state index in [1.807, 2.05) is 0 Å². The van der Waals surface area contributed by atoms with Gasteiger partial charge in [-0.1, -0.05) is 138 Å². The van der Waals surface area contributed by atoms with Crippen molar-refractivity contribution in [3.63, 3.8) is 0 Å². The highest BCUT2D eigenvalue weighted by Gasteiger charge is 2.24. The molecule has 0 aliphatic heterocycles. The van der Waals surface area contributed by atoms with Crippen LogP contribution >= 0.6 is 0 Å². The van der Waals surface area contributed by atoms with E-state index >= 15 is 0 Å². The second-order valence-corrected chi connectivity index (χ2v) is 13.6. The average molecular weight is 662 g/mol. The Morgan fingerprint density at radius 2 is 1.07 bits per heavy atom. The van der Waals surface area contributed by atoms with Crippen molar-refractivity contribution >= 4 is 16.0 Å². The van der Waals surface area contributed by atoms with Gasteiger partial charge in [0.2, 0.25) is 5.91 Å². The molecular formula is C39H67NO5S. The predicted molar refractivity (Wildman–Crippen MR) is 197 cm³/mol. The molecule has 46 heavy (non-hydrogen) atoms. The van der Waals surface area contributed by atoms with Gasteiger partial charge >= 0.3 is 0 Å². The summed E-state index contributed by atoms with van der Waals surface area (Å²) in [6.07, 6.45) is 45.9. The maximum Gasteiger partial charge on any atom is 0.267 e. The van der Waals surface area contributed by atoms with Gasteiger partial charge in [-0.05, 0) is 77.0 Å². The van der Waals surface area contributed by atoms with Crippen molar-refractivity contribution < 1.29 is 22.9 Å². The lowest BCUT2D eigenvalue weighted by Crippen LogP contribution is -2.46. The quantitative estimate of drug-likeness (QED) is 0.0390. The van der Waals surface area contributed by atoms with E-state index in [1.165, 1.54) is 44.6 Å². The fourth-order valence-corrected chi connectivity index (χ4v) is 5.64. The van der Waals surface area contributed by atoms with E-state index in [-0.39, 0.29) is 12.3 Å². The van der Waals surface area contributed by atoms with Crippen molar-refractivity contribution in [2.45, 2.75) is 161 Å². The fraction of sp³-hybridized carbons (Fsp3) is 0.667. The Balaban J connectivity index is 4.13. The van der Waals surface area contributed by atoms with E-state index in [9.17, 15) is 22.9 Å². The molecule has 0 aromatic heterocycles. The van der Waals surface area contributed by atoms with Crippen LogP contribution in [0.15, 0.2) is 72.9 Å². The Morgan fingerprint density at radius 3 is 1.63 bits per heavy atom. The first-order valence-corrected chi connectivity index (χ1v) is 19.7. The molecule has 6 nitrogen and oxygen atoms in total. The van der Waals surface area contributed by atoms with Crippen molar-refractivity contribution in [2.75, 3.05) is 5.75 Å². The second-order valence-electron chi connectivity index (χ2n) is 12.1. The highest BCUT2D eigenvalue weighted by atomic mass is 32.2. The van der Waals surface area contributed by atoms with Crippen LogP contribution in [0.4, 0.5) is 0 Å². The molecule has 2 atom stereocenters. The Bertz CT molecular complexity index is 994. The molecule has 3 N–H and O–H groups in total. The second kappa shape index (κ2) is 32.7. The average Bonchev–Trinajstić information content (AvgIpc) is 3.01. The summed E-state index contributed by atoms with van der Waals surface area (Å²) in [4.78, 5) is 12.4. The van der Waals surface area contributed by atoms with E-state index in [0.717, 1.165) is 77.0 Å². The number of rotatable bonds is 31.